The molecule has 0 aliphatic rings. The van der Waals surface area contributed by atoms with Crippen LogP contribution < -0.4 is 5.73 Å². The number of phenols is 1. The third-order valence-electron chi connectivity index (χ3n) is 3.28. The lowest BCUT2D eigenvalue weighted by Gasteiger charge is -2.22. The first-order valence-electron chi connectivity index (χ1n) is 6.64. The van der Waals surface area contributed by atoms with Gasteiger partial charge in [0.1, 0.15) is 5.75 Å². The molecule has 0 saturated heterocycles. The number of carbonyl (C=O) groups excluding carboxylic acids is 1. The molecule has 0 heterocycles. The zero-order valence-electron chi connectivity index (χ0n) is 11.7. The predicted octanol–water partition coefficient (Wildman–Crippen LogP) is 3.29. The van der Waals surface area contributed by atoms with E-state index in [0.717, 1.165) is 5.56 Å². The minimum atomic E-state index is -0.255. The number of amides is 1. The van der Waals surface area contributed by atoms with E-state index >= 15 is 0 Å². The lowest BCUT2D eigenvalue weighted by atomic mass is 10.1. The van der Waals surface area contributed by atoms with E-state index in [2.05, 4.69) is 0 Å². The van der Waals surface area contributed by atoms with Gasteiger partial charge in [-0.15, -0.1) is 0 Å². The average Bonchev–Trinajstić information content (AvgIpc) is 2.46. The molecule has 2 aromatic rings. The van der Waals surface area contributed by atoms with Crippen molar-refractivity contribution in [1.29, 1.82) is 0 Å². The van der Waals surface area contributed by atoms with E-state index < -0.39 is 0 Å². The third kappa shape index (κ3) is 3.47. The Morgan fingerprint density at radius 3 is 2.62 bits per heavy atom. The van der Waals surface area contributed by atoms with Crippen molar-refractivity contribution in [1.82, 2.24) is 4.90 Å². The fraction of sp³-hybridized carbons (Fsp3) is 0.188. The van der Waals surface area contributed by atoms with E-state index in [1.165, 1.54) is 12.1 Å². The summed E-state index contributed by atoms with van der Waals surface area (Å²) >= 11 is 5.78. The van der Waals surface area contributed by atoms with Crippen molar-refractivity contribution in [2.45, 2.75) is 13.5 Å². The second-order valence-electron chi connectivity index (χ2n) is 4.68. The second-order valence-corrected chi connectivity index (χ2v) is 5.12. The first kappa shape index (κ1) is 15.2. The minimum absolute atomic E-state index is 0.119. The summed E-state index contributed by atoms with van der Waals surface area (Å²) in [6.45, 7) is 2.78. The molecule has 4 nitrogen and oxygen atoms in total. The SMILES string of the molecule is CCN(Cc1ccccc1N)C(=O)c1ccc(Cl)cc1O. The third-order valence-corrected chi connectivity index (χ3v) is 3.51. The Labute approximate surface area is 128 Å². The van der Waals surface area contributed by atoms with Crippen molar-refractivity contribution in [2.75, 3.05) is 12.3 Å². The van der Waals surface area contributed by atoms with Gasteiger partial charge in [0.15, 0.2) is 0 Å². The van der Waals surface area contributed by atoms with Crippen molar-refractivity contribution in [2.24, 2.45) is 0 Å². The maximum atomic E-state index is 12.5. The fourth-order valence-electron chi connectivity index (χ4n) is 2.07. The molecule has 5 heteroatoms. The van der Waals surface area contributed by atoms with Crippen molar-refractivity contribution in [3.63, 3.8) is 0 Å². The number of nitrogen functional groups attached to an aromatic ring is 1. The molecule has 0 atom stereocenters. The molecular formula is C16H17ClN2O2. The molecule has 21 heavy (non-hydrogen) atoms. The van der Waals surface area contributed by atoms with E-state index in [-0.39, 0.29) is 17.2 Å². The monoisotopic (exact) mass is 304 g/mol. The number of carbonyl (C=O) groups is 1. The standard InChI is InChI=1S/C16H17ClN2O2/c1-2-19(10-11-5-3-4-6-14(11)18)16(21)13-8-7-12(17)9-15(13)20/h3-9,20H,2,10,18H2,1H3. The number of nitrogens with two attached hydrogens (primary N) is 1. The molecule has 0 spiro atoms. The van der Waals surface area contributed by atoms with Gasteiger partial charge in [-0.1, -0.05) is 29.8 Å². The summed E-state index contributed by atoms with van der Waals surface area (Å²) in [4.78, 5) is 14.1. The van der Waals surface area contributed by atoms with Gasteiger partial charge in [-0.3, -0.25) is 4.79 Å². The lowest BCUT2D eigenvalue weighted by Crippen LogP contribution is -2.30. The van der Waals surface area contributed by atoms with Crippen LogP contribution in [0.3, 0.4) is 0 Å². The molecule has 0 aliphatic carbocycles. The smallest absolute Gasteiger partial charge is 0.257 e. The van der Waals surface area contributed by atoms with E-state index in [9.17, 15) is 9.90 Å². The summed E-state index contributed by atoms with van der Waals surface area (Å²) in [7, 11) is 0. The number of nitrogens with zero attached hydrogens (tertiary/aromatic N) is 1. The van der Waals surface area contributed by atoms with Crippen molar-refractivity contribution < 1.29 is 9.90 Å². The maximum Gasteiger partial charge on any atom is 0.257 e. The van der Waals surface area contributed by atoms with Crippen molar-refractivity contribution in [3.05, 3.63) is 58.6 Å². The van der Waals surface area contributed by atoms with Gasteiger partial charge in [-0.05, 0) is 36.8 Å². The largest absolute Gasteiger partial charge is 0.507 e. The van der Waals surface area contributed by atoms with Gasteiger partial charge in [0.2, 0.25) is 0 Å². The Bertz CT molecular complexity index is 658. The Morgan fingerprint density at radius 2 is 2.00 bits per heavy atom. The number of anilines is 1. The lowest BCUT2D eigenvalue weighted by molar-refractivity contribution is 0.0750. The van der Waals surface area contributed by atoms with Crippen LogP contribution in [0.4, 0.5) is 5.69 Å². The molecule has 2 aromatic carbocycles. The summed E-state index contributed by atoms with van der Waals surface area (Å²) in [5, 5.41) is 10.3. The van der Waals surface area contributed by atoms with Gasteiger partial charge in [0.25, 0.3) is 5.91 Å². The van der Waals surface area contributed by atoms with Crippen LogP contribution in [0, 0.1) is 0 Å². The number of benzene rings is 2. The Hall–Kier alpha value is -2.20. The topological polar surface area (TPSA) is 66.6 Å². The van der Waals surface area contributed by atoms with Gasteiger partial charge in [0, 0.05) is 23.8 Å². The predicted molar refractivity (Wildman–Crippen MR) is 84.4 cm³/mol. The number of halogens is 1. The van der Waals surface area contributed by atoms with E-state index in [0.29, 0.717) is 23.8 Å². The van der Waals surface area contributed by atoms with E-state index in [4.69, 9.17) is 17.3 Å². The summed E-state index contributed by atoms with van der Waals surface area (Å²) in [6.07, 6.45) is 0. The van der Waals surface area contributed by atoms with Crippen LogP contribution >= 0.6 is 11.6 Å². The molecule has 2 rings (SSSR count). The first-order chi connectivity index (χ1) is 10.0. The van der Waals surface area contributed by atoms with Crippen LogP contribution in [0.2, 0.25) is 5.02 Å². The van der Waals surface area contributed by atoms with E-state index in [1.54, 1.807) is 17.0 Å². The minimum Gasteiger partial charge on any atom is -0.507 e. The van der Waals surface area contributed by atoms with Gasteiger partial charge in [0.05, 0.1) is 5.56 Å². The summed E-state index contributed by atoms with van der Waals surface area (Å²) in [5.74, 6) is -0.373. The molecule has 0 aliphatic heterocycles. The molecule has 3 N–H and O–H groups in total. The van der Waals surface area contributed by atoms with Crippen LogP contribution in [-0.2, 0) is 6.54 Å². The molecule has 0 fully saturated rings. The van der Waals surface area contributed by atoms with Crippen LogP contribution in [0.15, 0.2) is 42.5 Å². The summed E-state index contributed by atoms with van der Waals surface area (Å²) < 4.78 is 0. The highest BCUT2D eigenvalue weighted by Gasteiger charge is 2.18. The van der Waals surface area contributed by atoms with Crippen LogP contribution in [0.1, 0.15) is 22.8 Å². The van der Waals surface area contributed by atoms with E-state index in [1.807, 2.05) is 25.1 Å². The highest BCUT2D eigenvalue weighted by Crippen LogP contribution is 2.24. The number of para-hydroxylation sites is 1. The summed E-state index contributed by atoms with van der Waals surface area (Å²) in [6, 6.07) is 11.9. The number of aromatic hydroxyl groups is 1. The zero-order valence-corrected chi connectivity index (χ0v) is 12.5. The quantitative estimate of drug-likeness (QED) is 0.852. The Morgan fingerprint density at radius 1 is 1.29 bits per heavy atom. The Kier molecular flexibility index (Phi) is 4.70. The van der Waals surface area contributed by atoms with Gasteiger partial charge in [-0.25, -0.2) is 0 Å². The highest BCUT2D eigenvalue weighted by molar-refractivity contribution is 6.30. The second kappa shape index (κ2) is 6.50. The molecule has 0 radical (unpaired) electrons. The fourth-order valence-corrected chi connectivity index (χ4v) is 2.23. The van der Waals surface area contributed by atoms with Crippen molar-refractivity contribution in [3.8, 4) is 5.75 Å². The molecule has 110 valence electrons. The number of rotatable bonds is 4. The first-order valence-corrected chi connectivity index (χ1v) is 7.02. The molecule has 1 amide bonds. The van der Waals surface area contributed by atoms with Crippen LogP contribution in [-0.4, -0.2) is 22.5 Å². The number of phenolic OH excluding ortho intramolecular Hbond substituents is 1. The Balaban J connectivity index is 2.25. The maximum absolute atomic E-state index is 12.5. The average molecular weight is 305 g/mol. The highest BCUT2D eigenvalue weighted by atomic mass is 35.5. The van der Waals surface area contributed by atoms with Gasteiger partial charge >= 0.3 is 0 Å². The van der Waals surface area contributed by atoms with Crippen LogP contribution in [0.25, 0.3) is 0 Å². The van der Waals surface area contributed by atoms with Gasteiger partial charge in [-0.2, -0.15) is 0 Å². The number of hydrogen-bond acceptors (Lipinski definition) is 3. The van der Waals surface area contributed by atoms with Crippen LogP contribution in [0.5, 0.6) is 5.75 Å². The molecule has 0 aromatic heterocycles. The molecule has 0 unspecified atom stereocenters. The molecule has 0 bridgehead atoms. The zero-order chi connectivity index (χ0) is 15.4. The summed E-state index contributed by atoms with van der Waals surface area (Å²) in [5.41, 5.74) is 7.66. The normalized spacial score (nSPS) is 10.4. The number of hydrogen-bond donors (Lipinski definition) is 2. The molecule has 0 saturated carbocycles. The van der Waals surface area contributed by atoms with Gasteiger partial charge < -0.3 is 15.7 Å². The molecular weight excluding hydrogens is 288 g/mol. The van der Waals surface area contributed by atoms with Crippen molar-refractivity contribution >= 4 is 23.2 Å².